The summed E-state index contributed by atoms with van der Waals surface area (Å²) in [4.78, 5) is 11.7. The maximum Gasteiger partial charge on any atom is 0.220 e. The van der Waals surface area contributed by atoms with Gasteiger partial charge in [0.25, 0.3) is 0 Å². The summed E-state index contributed by atoms with van der Waals surface area (Å²) in [5, 5.41) is 2.72. The molecular formula is C11H20N2OS. The van der Waals surface area contributed by atoms with Gasteiger partial charge in [0.15, 0.2) is 0 Å². The van der Waals surface area contributed by atoms with Crippen LogP contribution in [0.25, 0.3) is 0 Å². The Hall–Kier alpha value is -0.640. The predicted octanol–water partition coefficient (Wildman–Crippen LogP) is 1.75. The fourth-order valence-electron chi connectivity index (χ4n) is 2.09. The molecule has 0 saturated heterocycles. The first-order chi connectivity index (χ1) is 7.18. The molecule has 86 valence electrons. The van der Waals surface area contributed by atoms with Gasteiger partial charge in [0.2, 0.25) is 5.91 Å². The van der Waals surface area contributed by atoms with Crippen LogP contribution in [0.1, 0.15) is 44.9 Å². The summed E-state index contributed by atoms with van der Waals surface area (Å²) >= 11 is 4.69. The van der Waals surface area contributed by atoms with Crippen LogP contribution >= 0.6 is 12.2 Å². The zero-order valence-electron chi connectivity index (χ0n) is 9.13. The Morgan fingerprint density at radius 1 is 1.33 bits per heavy atom. The molecule has 3 nitrogen and oxygen atoms in total. The highest BCUT2D eigenvalue weighted by Gasteiger charge is 2.14. The number of hydrogen-bond donors (Lipinski definition) is 2. The molecule has 0 heterocycles. The van der Waals surface area contributed by atoms with E-state index in [0.29, 0.717) is 18.0 Å². The highest BCUT2D eigenvalue weighted by molar-refractivity contribution is 7.80. The number of rotatable bonds is 5. The van der Waals surface area contributed by atoms with Crippen LogP contribution < -0.4 is 11.1 Å². The van der Waals surface area contributed by atoms with E-state index < -0.39 is 0 Å². The summed E-state index contributed by atoms with van der Waals surface area (Å²) < 4.78 is 0. The van der Waals surface area contributed by atoms with Crippen molar-refractivity contribution in [2.75, 3.05) is 6.54 Å². The molecule has 0 aromatic rings. The molecule has 0 spiro atoms. The standard InChI is InChI=1S/C11H20N2OS/c12-10(15)8-13-11(14)7-6-9-4-2-1-3-5-9/h9H,1-8H2,(H2,12,15)(H,13,14). The second kappa shape index (κ2) is 6.77. The number of thiocarbonyl (C=S) groups is 1. The molecule has 0 unspecified atom stereocenters. The quantitative estimate of drug-likeness (QED) is 0.705. The molecule has 1 amide bonds. The van der Waals surface area contributed by atoms with Crippen molar-refractivity contribution in [3.05, 3.63) is 0 Å². The Kier molecular flexibility index (Phi) is 5.61. The van der Waals surface area contributed by atoms with Gasteiger partial charge in [0, 0.05) is 6.42 Å². The Labute approximate surface area is 96.8 Å². The van der Waals surface area contributed by atoms with Gasteiger partial charge < -0.3 is 11.1 Å². The first-order valence-electron chi connectivity index (χ1n) is 5.73. The van der Waals surface area contributed by atoms with Crippen molar-refractivity contribution in [3.63, 3.8) is 0 Å². The topological polar surface area (TPSA) is 55.1 Å². The van der Waals surface area contributed by atoms with E-state index in [1.807, 2.05) is 0 Å². The van der Waals surface area contributed by atoms with Crippen LogP contribution in [0.15, 0.2) is 0 Å². The molecule has 1 fully saturated rings. The molecule has 0 aromatic heterocycles. The molecule has 1 rings (SSSR count). The summed E-state index contributed by atoms with van der Waals surface area (Å²) in [6, 6.07) is 0. The third-order valence-corrected chi connectivity index (χ3v) is 3.11. The zero-order chi connectivity index (χ0) is 11.1. The van der Waals surface area contributed by atoms with Gasteiger partial charge >= 0.3 is 0 Å². The highest BCUT2D eigenvalue weighted by Crippen LogP contribution is 2.26. The van der Waals surface area contributed by atoms with Crippen LogP contribution in [0.3, 0.4) is 0 Å². The first kappa shape index (κ1) is 12.4. The van der Waals surface area contributed by atoms with Crippen LogP contribution in [0, 0.1) is 5.92 Å². The number of carbonyl (C=O) groups excluding carboxylic acids is 1. The van der Waals surface area contributed by atoms with Crippen molar-refractivity contribution in [2.24, 2.45) is 11.7 Å². The molecule has 4 heteroatoms. The Balaban J connectivity index is 2.07. The minimum atomic E-state index is 0.0772. The summed E-state index contributed by atoms with van der Waals surface area (Å²) in [7, 11) is 0. The first-order valence-corrected chi connectivity index (χ1v) is 6.14. The van der Waals surface area contributed by atoms with E-state index in [1.54, 1.807) is 0 Å². The Morgan fingerprint density at radius 2 is 2.00 bits per heavy atom. The van der Waals surface area contributed by atoms with Gasteiger partial charge in [-0.25, -0.2) is 0 Å². The summed E-state index contributed by atoms with van der Waals surface area (Å²) in [5.41, 5.74) is 5.30. The van der Waals surface area contributed by atoms with Gasteiger partial charge in [-0.3, -0.25) is 4.79 Å². The molecule has 1 aliphatic rings. The van der Waals surface area contributed by atoms with Crippen LogP contribution in [0.2, 0.25) is 0 Å². The van der Waals surface area contributed by atoms with Crippen molar-refractivity contribution in [3.8, 4) is 0 Å². The monoisotopic (exact) mass is 228 g/mol. The molecule has 15 heavy (non-hydrogen) atoms. The summed E-state index contributed by atoms with van der Waals surface area (Å²) in [6.07, 6.45) is 8.25. The maximum atomic E-state index is 11.4. The lowest BCUT2D eigenvalue weighted by molar-refractivity contribution is -0.121. The average Bonchev–Trinajstić information content (AvgIpc) is 2.25. The SMILES string of the molecule is NC(=S)CNC(=O)CCC1CCCCC1. The van der Waals surface area contributed by atoms with Crippen LogP contribution in [0.4, 0.5) is 0 Å². The van der Waals surface area contributed by atoms with Gasteiger partial charge in [-0.1, -0.05) is 44.3 Å². The van der Waals surface area contributed by atoms with Crippen molar-refractivity contribution < 1.29 is 4.79 Å². The molecule has 1 saturated carbocycles. The van der Waals surface area contributed by atoms with E-state index in [4.69, 9.17) is 5.73 Å². The van der Waals surface area contributed by atoms with Gasteiger partial charge in [-0.05, 0) is 12.3 Å². The van der Waals surface area contributed by atoms with Gasteiger partial charge in [-0.15, -0.1) is 0 Å². The van der Waals surface area contributed by atoms with E-state index in [-0.39, 0.29) is 5.91 Å². The van der Waals surface area contributed by atoms with Gasteiger partial charge in [-0.2, -0.15) is 0 Å². The minimum Gasteiger partial charge on any atom is -0.392 e. The number of carbonyl (C=O) groups is 1. The van der Waals surface area contributed by atoms with Gasteiger partial charge in [0.05, 0.1) is 11.5 Å². The third-order valence-electron chi connectivity index (χ3n) is 2.96. The number of nitrogens with two attached hydrogens (primary N) is 1. The fraction of sp³-hybridized carbons (Fsp3) is 0.818. The lowest BCUT2D eigenvalue weighted by Gasteiger charge is -2.20. The Bertz CT molecular complexity index is 225. The second-order valence-electron chi connectivity index (χ2n) is 4.29. The fourth-order valence-corrected chi connectivity index (χ4v) is 2.16. The highest BCUT2D eigenvalue weighted by atomic mass is 32.1. The lowest BCUT2D eigenvalue weighted by Crippen LogP contribution is -2.32. The molecule has 1 aliphatic carbocycles. The van der Waals surface area contributed by atoms with Crippen LogP contribution in [-0.2, 0) is 4.79 Å². The number of hydrogen-bond acceptors (Lipinski definition) is 2. The lowest BCUT2D eigenvalue weighted by atomic mass is 9.86. The summed E-state index contributed by atoms with van der Waals surface area (Å²) in [6.45, 7) is 0.332. The van der Waals surface area contributed by atoms with E-state index >= 15 is 0 Å². The third kappa shape index (κ3) is 5.72. The minimum absolute atomic E-state index is 0.0772. The van der Waals surface area contributed by atoms with E-state index in [0.717, 1.165) is 12.3 Å². The van der Waals surface area contributed by atoms with Crippen molar-refractivity contribution in [1.29, 1.82) is 0 Å². The smallest absolute Gasteiger partial charge is 0.220 e. The average molecular weight is 228 g/mol. The molecule has 0 aliphatic heterocycles. The number of nitrogens with one attached hydrogen (secondary N) is 1. The number of amides is 1. The van der Waals surface area contributed by atoms with Crippen molar-refractivity contribution in [1.82, 2.24) is 5.32 Å². The Morgan fingerprint density at radius 3 is 2.60 bits per heavy atom. The largest absolute Gasteiger partial charge is 0.392 e. The van der Waals surface area contributed by atoms with E-state index in [9.17, 15) is 4.79 Å². The predicted molar refractivity (Wildman–Crippen MR) is 65.6 cm³/mol. The van der Waals surface area contributed by atoms with Crippen molar-refractivity contribution >= 4 is 23.1 Å². The molecule has 0 atom stereocenters. The van der Waals surface area contributed by atoms with Crippen LogP contribution in [0.5, 0.6) is 0 Å². The van der Waals surface area contributed by atoms with Gasteiger partial charge in [0.1, 0.15) is 0 Å². The van der Waals surface area contributed by atoms with E-state index in [1.165, 1.54) is 32.1 Å². The maximum absolute atomic E-state index is 11.4. The van der Waals surface area contributed by atoms with Crippen molar-refractivity contribution in [2.45, 2.75) is 44.9 Å². The molecule has 0 bridgehead atoms. The zero-order valence-corrected chi connectivity index (χ0v) is 9.94. The normalized spacial score (nSPS) is 17.3. The second-order valence-corrected chi connectivity index (χ2v) is 4.81. The molecule has 0 aromatic carbocycles. The van der Waals surface area contributed by atoms with E-state index in [2.05, 4.69) is 17.5 Å². The molecule has 0 radical (unpaired) electrons. The molecular weight excluding hydrogens is 208 g/mol. The summed E-state index contributed by atoms with van der Waals surface area (Å²) in [5.74, 6) is 0.836. The van der Waals surface area contributed by atoms with Crippen LogP contribution in [-0.4, -0.2) is 17.4 Å². The molecule has 3 N–H and O–H groups in total.